The Morgan fingerprint density at radius 1 is 1.33 bits per heavy atom. The van der Waals surface area contributed by atoms with E-state index in [2.05, 4.69) is 23.5 Å². The van der Waals surface area contributed by atoms with Crippen LogP contribution in [0.2, 0.25) is 0 Å². The molecule has 1 aromatic carbocycles. The van der Waals surface area contributed by atoms with Gasteiger partial charge in [0.25, 0.3) is 0 Å². The van der Waals surface area contributed by atoms with Gasteiger partial charge in [-0.1, -0.05) is 30.3 Å². The van der Waals surface area contributed by atoms with E-state index < -0.39 is 0 Å². The molecule has 78 valence electrons. The molecule has 1 saturated heterocycles. The van der Waals surface area contributed by atoms with E-state index in [4.69, 9.17) is 10.00 Å². The molecule has 0 bridgehead atoms. The van der Waals surface area contributed by atoms with Gasteiger partial charge in [-0.25, -0.2) is 0 Å². The van der Waals surface area contributed by atoms with E-state index in [9.17, 15) is 0 Å². The normalized spacial score (nSPS) is 17.8. The molecule has 2 rings (SSSR count). The average Bonchev–Trinajstić information content (AvgIpc) is 2.24. The van der Waals surface area contributed by atoms with Crippen LogP contribution in [-0.2, 0) is 11.3 Å². The molecule has 0 unspecified atom stereocenters. The molecule has 1 aliphatic heterocycles. The quantitative estimate of drug-likeness (QED) is 0.800. The van der Waals surface area contributed by atoms with E-state index in [1.165, 1.54) is 5.56 Å². The lowest BCUT2D eigenvalue weighted by Gasteiger charge is -2.35. The summed E-state index contributed by atoms with van der Waals surface area (Å²) in [6, 6.07) is 12.5. The Morgan fingerprint density at radius 2 is 2.07 bits per heavy atom. The molecule has 0 spiro atoms. The fourth-order valence-electron chi connectivity index (χ4n) is 1.60. The van der Waals surface area contributed by atoms with Crippen molar-refractivity contribution < 1.29 is 4.74 Å². The second-order valence-corrected chi connectivity index (χ2v) is 3.97. The number of rotatable bonds is 4. The molecule has 1 aromatic rings. The van der Waals surface area contributed by atoms with Crippen molar-refractivity contribution in [2.45, 2.75) is 6.54 Å². The lowest BCUT2D eigenvalue weighted by Crippen LogP contribution is -2.48. The first kappa shape index (κ1) is 10.2. The third kappa shape index (κ3) is 2.35. The molecular formula is C12H14N2O. The second-order valence-electron chi connectivity index (χ2n) is 3.97. The highest BCUT2D eigenvalue weighted by Gasteiger charge is 2.38. The molecule has 15 heavy (non-hydrogen) atoms. The first-order chi connectivity index (χ1) is 7.35. The molecule has 0 atom stereocenters. The maximum atomic E-state index is 8.96. The molecule has 0 aromatic heterocycles. The Morgan fingerprint density at radius 3 is 2.60 bits per heavy atom. The lowest BCUT2D eigenvalue weighted by atomic mass is 9.88. The van der Waals surface area contributed by atoms with Crippen molar-refractivity contribution in [3.05, 3.63) is 35.9 Å². The van der Waals surface area contributed by atoms with Crippen molar-refractivity contribution in [3.8, 4) is 6.07 Å². The summed E-state index contributed by atoms with van der Waals surface area (Å²) in [5.74, 6) is 0. The molecule has 0 amide bonds. The van der Waals surface area contributed by atoms with E-state index in [0.29, 0.717) is 19.8 Å². The number of hydrogen-bond acceptors (Lipinski definition) is 3. The van der Waals surface area contributed by atoms with Gasteiger partial charge in [0.2, 0.25) is 0 Å². The largest absolute Gasteiger partial charge is 0.378 e. The van der Waals surface area contributed by atoms with Crippen LogP contribution >= 0.6 is 0 Å². The molecule has 0 radical (unpaired) electrons. The fourth-order valence-corrected chi connectivity index (χ4v) is 1.60. The molecule has 1 aliphatic rings. The molecular weight excluding hydrogens is 188 g/mol. The van der Waals surface area contributed by atoms with Gasteiger partial charge in [0.1, 0.15) is 5.41 Å². The van der Waals surface area contributed by atoms with E-state index in [0.717, 1.165) is 6.54 Å². The number of nitrogens with zero attached hydrogens (tertiary/aromatic N) is 1. The molecule has 0 aliphatic carbocycles. The predicted octanol–water partition coefficient (Wildman–Crippen LogP) is 1.32. The average molecular weight is 202 g/mol. The highest BCUT2D eigenvalue weighted by atomic mass is 16.5. The summed E-state index contributed by atoms with van der Waals surface area (Å²) >= 11 is 0. The van der Waals surface area contributed by atoms with Gasteiger partial charge >= 0.3 is 0 Å². The first-order valence-electron chi connectivity index (χ1n) is 5.08. The molecule has 1 fully saturated rings. The van der Waals surface area contributed by atoms with Crippen molar-refractivity contribution in [2.75, 3.05) is 19.8 Å². The summed E-state index contributed by atoms with van der Waals surface area (Å²) in [7, 11) is 0. The Hall–Kier alpha value is -1.37. The highest BCUT2D eigenvalue weighted by Crippen LogP contribution is 2.25. The van der Waals surface area contributed by atoms with Gasteiger partial charge in [-0.2, -0.15) is 5.26 Å². The zero-order chi connectivity index (χ0) is 10.6. The molecule has 1 heterocycles. The maximum absolute atomic E-state index is 8.96. The van der Waals surface area contributed by atoms with E-state index in [1.54, 1.807) is 0 Å². The van der Waals surface area contributed by atoms with Gasteiger partial charge < -0.3 is 10.1 Å². The molecule has 3 heteroatoms. The summed E-state index contributed by atoms with van der Waals surface area (Å²) in [5.41, 5.74) is 0.959. The first-order valence-corrected chi connectivity index (χ1v) is 5.08. The SMILES string of the molecule is N#CC1(CNCc2ccccc2)COC1. The van der Waals surface area contributed by atoms with E-state index in [1.807, 2.05) is 18.2 Å². The third-order valence-corrected chi connectivity index (χ3v) is 2.63. The van der Waals surface area contributed by atoms with Crippen LogP contribution in [0.3, 0.4) is 0 Å². The Labute approximate surface area is 89.7 Å². The summed E-state index contributed by atoms with van der Waals surface area (Å²) in [4.78, 5) is 0. The van der Waals surface area contributed by atoms with Crippen LogP contribution in [0.5, 0.6) is 0 Å². The van der Waals surface area contributed by atoms with E-state index >= 15 is 0 Å². The third-order valence-electron chi connectivity index (χ3n) is 2.63. The highest BCUT2D eigenvalue weighted by molar-refractivity contribution is 5.14. The number of hydrogen-bond donors (Lipinski definition) is 1. The van der Waals surface area contributed by atoms with Crippen molar-refractivity contribution in [3.63, 3.8) is 0 Å². The van der Waals surface area contributed by atoms with Crippen LogP contribution in [0.4, 0.5) is 0 Å². The standard InChI is InChI=1S/C12H14N2O/c13-7-12(9-15-10-12)8-14-6-11-4-2-1-3-5-11/h1-5,14H,6,8-10H2. The van der Waals surface area contributed by atoms with Gasteiger partial charge in [0.05, 0.1) is 19.3 Å². The van der Waals surface area contributed by atoms with Crippen LogP contribution in [0.15, 0.2) is 30.3 Å². The molecule has 3 nitrogen and oxygen atoms in total. The Bertz CT molecular complexity index is 352. The number of benzene rings is 1. The smallest absolute Gasteiger partial charge is 0.116 e. The zero-order valence-electron chi connectivity index (χ0n) is 8.57. The topological polar surface area (TPSA) is 45.0 Å². The van der Waals surface area contributed by atoms with Gasteiger partial charge in [0, 0.05) is 13.1 Å². The van der Waals surface area contributed by atoms with Crippen LogP contribution < -0.4 is 5.32 Å². The number of nitrogens with one attached hydrogen (secondary N) is 1. The minimum atomic E-state index is -0.283. The number of ether oxygens (including phenoxy) is 1. The van der Waals surface area contributed by atoms with E-state index in [-0.39, 0.29) is 5.41 Å². The molecule has 0 saturated carbocycles. The summed E-state index contributed by atoms with van der Waals surface area (Å²) in [6.07, 6.45) is 0. The van der Waals surface area contributed by atoms with Crippen LogP contribution in [-0.4, -0.2) is 19.8 Å². The predicted molar refractivity (Wildman–Crippen MR) is 57.0 cm³/mol. The minimum Gasteiger partial charge on any atom is -0.378 e. The van der Waals surface area contributed by atoms with Gasteiger partial charge in [-0.3, -0.25) is 0 Å². The summed E-state index contributed by atoms with van der Waals surface area (Å²) < 4.78 is 5.07. The number of nitriles is 1. The summed E-state index contributed by atoms with van der Waals surface area (Å²) in [6.45, 7) is 2.64. The molecule has 1 N–H and O–H groups in total. The van der Waals surface area contributed by atoms with Crippen molar-refractivity contribution in [1.82, 2.24) is 5.32 Å². The Kier molecular flexibility index (Phi) is 3.00. The van der Waals surface area contributed by atoms with Gasteiger partial charge in [-0.05, 0) is 5.56 Å². The minimum absolute atomic E-state index is 0.283. The fraction of sp³-hybridized carbons (Fsp3) is 0.417. The van der Waals surface area contributed by atoms with Crippen molar-refractivity contribution in [1.29, 1.82) is 5.26 Å². The van der Waals surface area contributed by atoms with Crippen LogP contribution in [0, 0.1) is 16.7 Å². The van der Waals surface area contributed by atoms with Crippen LogP contribution in [0.25, 0.3) is 0 Å². The monoisotopic (exact) mass is 202 g/mol. The van der Waals surface area contributed by atoms with Crippen LogP contribution in [0.1, 0.15) is 5.56 Å². The maximum Gasteiger partial charge on any atom is 0.116 e. The lowest BCUT2D eigenvalue weighted by molar-refractivity contribution is -0.0755. The Balaban J connectivity index is 1.78. The van der Waals surface area contributed by atoms with Crippen molar-refractivity contribution >= 4 is 0 Å². The zero-order valence-corrected chi connectivity index (χ0v) is 8.57. The second kappa shape index (κ2) is 4.43. The van der Waals surface area contributed by atoms with Crippen molar-refractivity contribution in [2.24, 2.45) is 5.41 Å². The van der Waals surface area contributed by atoms with Gasteiger partial charge in [0.15, 0.2) is 0 Å². The van der Waals surface area contributed by atoms with Gasteiger partial charge in [-0.15, -0.1) is 0 Å². The summed E-state index contributed by atoms with van der Waals surface area (Å²) in [5, 5.41) is 12.3.